The Morgan fingerprint density at radius 3 is 2.72 bits per heavy atom. The predicted octanol–water partition coefficient (Wildman–Crippen LogP) is 4.48. The molecular formula is C23H26FN3O5. The summed E-state index contributed by atoms with van der Waals surface area (Å²) in [4.78, 5) is 26.4. The summed E-state index contributed by atoms with van der Waals surface area (Å²) in [7, 11) is 0. The third-order valence-corrected chi connectivity index (χ3v) is 6.04. The van der Waals surface area contributed by atoms with Crippen LogP contribution in [0.3, 0.4) is 0 Å². The van der Waals surface area contributed by atoms with Crippen LogP contribution in [0.5, 0.6) is 0 Å². The Hall–Kier alpha value is -3.20. The van der Waals surface area contributed by atoms with E-state index in [-0.39, 0.29) is 23.5 Å². The van der Waals surface area contributed by atoms with E-state index in [1.807, 2.05) is 17.9 Å². The van der Waals surface area contributed by atoms with Crippen molar-refractivity contribution in [1.29, 1.82) is 0 Å². The Balaban J connectivity index is 1.36. The molecule has 4 rings (SSSR count). The number of amides is 1. The van der Waals surface area contributed by atoms with E-state index in [1.54, 1.807) is 24.3 Å². The van der Waals surface area contributed by atoms with Gasteiger partial charge in [0.2, 0.25) is 0 Å². The molecule has 8 nitrogen and oxygen atoms in total. The lowest BCUT2D eigenvalue weighted by Crippen LogP contribution is -2.36. The highest BCUT2D eigenvalue weighted by atomic mass is 19.1. The number of nitro groups is 1. The van der Waals surface area contributed by atoms with Gasteiger partial charge in [0.05, 0.1) is 36.1 Å². The average molecular weight is 443 g/mol. The van der Waals surface area contributed by atoms with Crippen LogP contribution in [0.15, 0.2) is 42.5 Å². The molecule has 2 fully saturated rings. The minimum absolute atomic E-state index is 0.0652. The third-order valence-electron chi connectivity index (χ3n) is 6.04. The summed E-state index contributed by atoms with van der Waals surface area (Å²) < 4.78 is 25.5. The molecule has 0 spiro atoms. The molecule has 32 heavy (non-hydrogen) atoms. The lowest BCUT2D eigenvalue weighted by molar-refractivity contribution is -0.384. The van der Waals surface area contributed by atoms with Gasteiger partial charge in [-0.2, -0.15) is 0 Å². The number of nitrogens with zero attached hydrogens (tertiary/aromatic N) is 3. The molecule has 2 aliphatic rings. The summed E-state index contributed by atoms with van der Waals surface area (Å²) in [5.74, 6) is -0.298. The Labute approximate surface area is 185 Å². The highest BCUT2D eigenvalue weighted by Gasteiger charge is 2.33. The minimum atomic E-state index is -0.489. The van der Waals surface area contributed by atoms with Gasteiger partial charge in [0.25, 0.3) is 5.69 Å². The minimum Gasteiger partial charge on any atom is -0.444 e. The number of benzene rings is 2. The van der Waals surface area contributed by atoms with E-state index in [4.69, 9.17) is 9.47 Å². The van der Waals surface area contributed by atoms with Crippen molar-refractivity contribution >= 4 is 23.2 Å². The van der Waals surface area contributed by atoms with Crippen molar-refractivity contribution in [3.8, 4) is 0 Å². The van der Waals surface area contributed by atoms with Gasteiger partial charge in [-0.05, 0) is 42.5 Å². The maximum Gasteiger partial charge on any atom is 0.414 e. The zero-order valence-electron chi connectivity index (χ0n) is 17.9. The van der Waals surface area contributed by atoms with Crippen molar-refractivity contribution in [3.63, 3.8) is 0 Å². The first-order valence-corrected chi connectivity index (χ1v) is 10.8. The molecule has 2 atom stereocenters. The fourth-order valence-corrected chi connectivity index (χ4v) is 4.15. The van der Waals surface area contributed by atoms with Crippen molar-refractivity contribution in [2.75, 3.05) is 42.6 Å². The smallest absolute Gasteiger partial charge is 0.414 e. The number of carbonyl (C=O) groups excluding carboxylic acids is 1. The van der Waals surface area contributed by atoms with Gasteiger partial charge in [0.1, 0.15) is 11.9 Å². The van der Waals surface area contributed by atoms with Crippen LogP contribution in [0, 0.1) is 15.9 Å². The highest BCUT2D eigenvalue weighted by molar-refractivity contribution is 5.90. The van der Waals surface area contributed by atoms with E-state index in [0.717, 1.165) is 5.56 Å². The van der Waals surface area contributed by atoms with Gasteiger partial charge in [-0.25, -0.2) is 9.18 Å². The van der Waals surface area contributed by atoms with Gasteiger partial charge in [-0.3, -0.25) is 15.0 Å². The van der Waals surface area contributed by atoms with E-state index in [9.17, 15) is 19.3 Å². The predicted molar refractivity (Wildman–Crippen MR) is 118 cm³/mol. The topological polar surface area (TPSA) is 85.2 Å². The number of halogens is 1. The largest absolute Gasteiger partial charge is 0.444 e. The van der Waals surface area contributed by atoms with Gasteiger partial charge < -0.3 is 14.4 Å². The normalized spacial score (nSPS) is 19.7. The number of cyclic esters (lactones) is 1. The third kappa shape index (κ3) is 4.83. The number of anilines is 2. The summed E-state index contributed by atoms with van der Waals surface area (Å²) >= 11 is 0. The molecule has 9 heteroatoms. The Morgan fingerprint density at radius 2 is 2.00 bits per heavy atom. The lowest BCUT2D eigenvalue weighted by Gasteiger charge is -2.29. The van der Waals surface area contributed by atoms with Gasteiger partial charge >= 0.3 is 6.09 Å². The lowest BCUT2D eigenvalue weighted by atomic mass is 9.94. The molecule has 2 aromatic rings. The van der Waals surface area contributed by atoms with Gasteiger partial charge in [0.15, 0.2) is 0 Å². The van der Waals surface area contributed by atoms with Crippen LogP contribution in [0.4, 0.5) is 26.2 Å². The Kier molecular flexibility index (Phi) is 6.55. The highest BCUT2D eigenvalue weighted by Crippen LogP contribution is 2.31. The van der Waals surface area contributed by atoms with Crippen molar-refractivity contribution in [2.45, 2.75) is 31.8 Å². The summed E-state index contributed by atoms with van der Waals surface area (Å²) in [6.45, 7) is 4.73. The number of non-ortho nitro benzene ring substituents is 1. The number of morpholine rings is 1. The number of hydrogen-bond donors (Lipinski definition) is 0. The van der Waals surface area contributed by atoms with E-state index in [0.29, 0.717) is 57.1 Å². The number of ether oxygens (including phenoxy) is 2. The summed E-state index contributed by atoms with van der Waals surface area (Å²) in [6.07, 6.45) is 0.514. The van der Waals surface area contributed by atoms with E-state index >= 15 is 0 Å². The van der Waals surface area contributed by atoms with Crippen molar-refractivity contribution in [2.24, 2.45) is 0 Å². The molecule has 170 valence electrons. The quantitative estimate of drug-likeness (QED) is 0.463. The van der Waals surface area contributed by atoms with Gasteiger partial charge in [-0.1, -0.05) is 19.1 Å². The molecule has 2 aromatic carbocycles. The molecule has 0 aliphatic carbocycles. The van der Waals surface area contributed by atoms with E-state index in [1.165, 1.54) is 17.0 Å². The van der Waals surface area contributed by atoms with Gasteiger partial charge in [-0.15, -0.1) is 0 Å². The molecule has 0 bridgehead atoms. The average Bonchev–Trinajstić information content (AvgIpc) is 3.18. The molecule has 0 radical (unpaired) electrons. The molecule has 0 aromatic heterocycles. The standard InChI is InChI=1S/C23H26FN3O5/c1-16(17-3-2-4-19(13-17)27(29)30)5-7-20-15-26(23(28)32-20)18-6-8-22(21(24)14-18)25-9-11-31-12-10-25/h2-4,6,8,13-14,16,20H,5,7,9-12,15H2,1H3/t16-,20+/m1/s1. The fraction of sp³-hybridized carbons (Fsp3) is 0.435. The molecular weight excluding hydrogens is 417 g/mol. The number of hydrogen-bond acceptors (Lipinski definition) is 6. The second-order valence-corrected chi connectivity index (χ2v) is 8.18. The summed E-state index contributed by atoms with van der Waals surface area (Å²) in [5, 5.41) is 11.0. The van der Waals surface area contributed by atoms with Crippen molar-refractivity contribution in [1.82, 2.24) is 0 Å². The first-order chi connectivity index (χ1) is 15.4. The fourth-order valence-electron chi connectivity index (χ4n) is 4.15. The second kappa shape index (κ2) is 9.52. The first kappa shape index (κ1) is 22.0. The molecule has 0 saturated carbocycles. The molecule has 1 amide bonds. The SMILES string of the molecule is C[C@H](CC[C@H]1CN(c2ccc(N3CCOCC3)c(F)c2)C(=O)O1)c1cccc([N+](=O)[O-])c1. The Morgan fingerprint density at radius 1 is 1.22 bits per heavy atom. The molecule has 2 saturated heterocycles. The zero-order valence-corrected chi connectivity index (χ0v) is 17.9. The monoisotopic (exact) mass is 443 g/mol. The maximum absolute atomic E-state index is 14.7. The van der Waals surface area contributed by atoms with Crippen molar-refractivity contribution in [3.05, 3.63) is 64.0 Å². The van der Waals surface area contributed by atoms with Crippen LogP contribution in [0.2, 0.25) is 0 Å². The number of rotatable bonds is 7. The number of nitro benzene ring substituents is 1. The number of carbonyl (C=O) groups is 1. The molecule has 2 aliphatic heterocycles. The van der Waals surface area contributed by atoms with E-state index in [2.05, 4.69) is 0 Å². The summed E-state index contributed by atoms with van der Waals surface area (Å²) in [5.41, 5.74) is 1.92. The zero-order chi connectivity index (χ0) is 22.7. The Bertz CT molecular complexity index is 995. The maximum atomic E-state index is 14.7. The van der Waals surface area contributed by atoms with E-state index < -0.39 is 11.0 Å². The summed E-state index contributed by atoms with van der Waals surface area (Å²) in [6, 6.07) is 11.4. The van der Waals surface area contributed by atoms with Crippen LogP contribution >= 0.6 is 0 Å². The second-order valence-electron chi connectivity index (χ2n) is 8.18. The van der Waals surface area contributed by atoms with Crippen molar-refractivity contribution < 1.29 is 23.6 Å². The molecule has 0 N–H and O–H groups in total. The van der Waals surface area contributed by atoms with Crippen LogP contribution in [-0.2, 0) is 9.47 Å². The van der Waals surface area contributed by atoms with Gasteiger partial charge in [0, 0.05) is 25.2 Å². The van der Waals surface area contributed by atoms with Crippen LogP contribution in [0.25, 0.3) is 0 Å². The van der Waals surface area contributed by atoms with Crippen LogP contribution < -0.4 is 9.80 Å². The van der Waals surface area contributed by atoms with Crippen LogP contribution in [0.1, 0.15) is 31.2 Å². The molecule has 0 unspecified atom stereocenters. The first-order valence-electron chi connectivity index (χ1n) is 10.8. The van der Waals surface area contributed by atoms with Crippen LogP contribution in [-0.4, -0.2) is 50.0 Å². The molecule has 2 heterocycles.